The van der Waals surface area contributed by atoms with E-state index in [0.29, 0.717) is 12.1 Å². The number of nitrogens with zero attached hydrogens (tertiary/aromatic N) is 2. The fourth-order valence-electron chi connectivity index (χ4n) is 4.12. The van der Waals surface area contributed by atoms with Gasteiger partial charge in [0.15, 0.2) is 5.78 Å². The fraction of sp³-hybridized carbons (Fsp3) is 0.286. The Hall–Kier alpha value is -3.11. The molecule has 0 fully saturated rings. The highest BCUT2D eigenvalue weighted by atomic mass is 35.5. The number of methoxy groups -OCH3 is 1. The molecule has 1 aliphatic rings. The third kappa shape index (κ3) is 5.28. The van der Waals surface area contributed by atoms with Gasteiger partial charge in [0.25, 0.3) is 0 Å². The number of ketones is 1. The molecule has 3 aromatic carbocycles. The molecular weight excluding hydrogens is 432 g/mol. The molecule has 0 atom stereocenters. The third-order valence-corrected chi connectivity index (χ3v) is 6.03. The van der Waals surface area contributed by atoms with Gasteiger partial charge in [0.05, 0.1) is 13.7 Å². The van der Waals surface area contributed by atoms with Gasteiger partial charge in [0, 0.05) is 23.4 Å². The monoisotopic (exact) mass is 460 g/mol. The van der Waals surface area contributed by atoms with E-state index >= 15 is 0 Å². The molecule has 170 valence electrons. The Bertz CT molecular complexity index is 1150. The summed E-state index contributed by atoms with van der Waals surface area (Å²) < 4.78 is 5.35. The van der Waals surface area contributed by atoms with E-state index in [2.05, 4.69) is 17.0 Å². The normalized spacial score (nSPS) is 14.1. The van der Waals surface area contributed by atoms with Crippen molar-refractivity contribution in [3.63, 3.8) is 0 Å². The van der Waals surface area contributed by atoms with Crippen molar-refractivity contribution in [2.75, 3.05) is 18.6 Å². The van der Waals surface area contributed by atoms with Crippen LogP contribution in [0.3, 0.4) is 0 Å². The van der Waals surface area contributed by atoms with Crippen molar-refractivity contribution < 1.29 is 9.53 Å². The van der Waals surface area contributed by atoms with E-state index in [1.165, 1.54) is 0 Å². The van der Waals surface area contributed by atoms with Gasteiger partial charge in [0.2, 0.25) is 0 Å². The van der Waals surface area contributed by atoms with E-state index in [-0.39, 0.29) is 5.78 Å². The average Bonchev–Trinajstić information content (AvgIpc) is 2.84. The van der Waals surface area contributed by atoms with Crippen LogP contribution < -0.4 is 9.64 Å². The molecule has 5 heteroatoms. The van der Waals surface area contributed by atoms with Gasteiger partial charge in [-0.2, -0.15) is 0 Å². The summed E-state index contributed by atoms with van der Waals surface area (Å²) in [5, 5.41) is 0. The van der Waals surface area contributed by atoms with Gasteiger partial charge in [-0.25, -0.2) is 0 Å². The number of hydrogen-bond donors (Lipinski definition) is 0. The minimum Gasteiger partial charge on any atom is -0.497 e. The van der Waals surface area contributed by atoms with E-state index in [4.69, 9.17) is 21.3 Å². The molecule has 0 aromatic heterocycles. The molecule has 0 saturated heterocycles. The van der Waals surface area contributed by atoms with Crippen LogP contribution in [-0.4, -0.2) is 30.1 Å². The molecule has 3 aromatic rings. The summed E-state index contributed by atoms with van der Waals surface area (Å²) in [5.41, 5.74) is 5.08. The highest BCUT2D eigenvalue weighted by Gasteiger charge is 2.28. The lowest BCUT2D eigenvalue weighted by molar-refractivity contribution is 0.0954. The predicted molar refractivity (Wildman–Crippen MR) is 136 cm³/mol. The number of alkyl halides is 1. The van der Waals surface area contributed by atoms with E-state index in [1.807, 2.05) is 60.7 Å². The standard InChI is InChI=1S/C28H29ClN2O2/c1-28(2,29)26(32)23-13-16-25-22(18-23)10-7-17-31(25)27(21-11-14-24(33-3)15-12-21)30-19-20-8-5-4-6-9-20/h4-6,8-9,11-16,18H,7,10,17,19H2,1-3H3. The molecule has 0 bridgehead atoms. The number of aryl methyl sites for hydroxylation is 1. The number of carbonyl (C=O) groups excluding carboxylic acids is 1. The third-order valence-electron chi connectivity index (χ3n) is 5.86. The van der Waals surface area contributed by atoms with Gasteiger partial charge in [-0.3, -0.25) is 9.79 Å². The summed E-state index contributed by atoms with van der Waals surface area (Å²) >= 11 is 6.30. The van der Waals surface area contributed by atoms with Crippen LogP contribution >= 0.6 is 11.6 Å². The molecule has 1 aliphatic heterocycles. The van der Waals surface area contributed by atoms with E-state index in [1.54, 1.807) is 21.0 Å². The molecule has 33 heavy (non-hydrogen) atoms. The first-order valence-electron chi connectivity index (χ1n) is 11.2. The minimum atomic E-state index is -0.923. The van der Waals surface area contributed by atoms with E-state index < -0.39 is 4.87 Å². The Labute approximate surface area is 200 Å². The van der Waals surface area contributed by atoms with Crippen molar-refractivity contribution in [2.24, 2.45) is 4.99 Å². The summed E-state index contributed by atoms with van der Waals surface area (Å²) in [6, 6.07) is 24.2. The van der Waals surface area contributed by atoms with Crippen molar-refractivity contribution in [2.45, 2.75) is 38.1 Å². The molecule has 4 nitrogen and oxygen atoms in total. The number of anilines is 1. The predicted octanol–water partition coefficient (Wildman–Crippen LogP) is 6.29. The maximum atomic E-state index is 12.7. The van der Waals surface area contributed by atoms with Crippen molar-refractivity contribution in [1.29, 1.82) is 0 Å². The van der Waals surface area contributed by atoms with Crippen molar-refractivity contribution in [3.8, 4) is 5.75 Å². The summed E-state index contributed by atoms with van der Waals surface area (Å²) in [6.45, 7) is 4.92. The highest BCUT2D eigenvalue weighted by Crippen LogP contribution is 2.32. The van der Waals surface area contributed by atoms with Crippen LogP contribution in [-0.2, 0) is 13.0 Å². The van der Waals surface area contributed by atoms with Gasteiger partial charge in [-0.1, -0.05) is 30.3 Å². The number of aliphatic imine (C=N–C) groups is 1. The molecule has 0 amide bonds. The van der Waals surface area contributed by atoms with Crippen molar-refractivity contribution in [1.82, 2.24) is 0 Å². The molecule has 0 unspecified atom stereocenters. The smallest absolute Gasteiger partial charge is 0.183 e. The molecule has 4 rings (SSSR count). The average molecular weight is 461 g/mol. The van der Waals surface area contributed by atoms with Crippen molar-refractivity contribution >= 4 is 28.9 Å². The molecule has 1 heterocycles. The Balaban J connectivity index is 1.74. The lowest BCUT2D eigenvalue weighted by Crippen LogP contribution is -2.36. The summed E-state index contributed by atoms with van der Waals surface area (Å²) in [6.07, 6.45) is 1.90. The number of hydrogen-bond acceptors (Lipinski definition) is 3. The first-order chi connectivity index (χ1) is 15.9. The van der Waals surface area contributed by atoms with Crippen LogP contribution in [0.25, 0.3) is 0 Å². The Kier molecular flexibility index (Phi) is 6.85. The van der Waals surface area contributed by atoms with Gasteiger partial charge in [-0.15, -0.1) is 11.6 Å². The number of carbonyl (C=O) groups is 1. The number of ether oxygens (including phenoxy) is 1. The van der Waals surface area contributed by atoms with Crippen LogP contribution in [0.1, 0.15) is 47.3 Å². The quantitative estimate of drug-likeness (QED) is 0.188. The van der Waals surface area contributed by atoms with Crippen molar-refractivity contribution in [3.05, 3.63) is 95.1 Å². The minimum absolute atomic E-state index is 0.0581. The largest absolute Gasteiger partial charge is 0.497 e. The molecule has 0 saturated carbocycles. The fourth-order valence-corrected chi connectivity index (χ4v) is 4.23. The Morgan fingerprint density at radius 1 is 1.03 bits per heavy atom. The number of halogens is 1. The molecule has 0 radical (unpaired) electrons. The zero-order chi connectivity index (χ0) is 23.4. The van der Waals surface area contributed by atoms with Crippen LogP contribution in [0.5, 0.6) is 5.75 Å². The second-order valence-electron chi connectivity index (χ2n) is 8.75. The number of Topliss-reactive ketones (excluding diaryl/α,β-unsaturated/α-hetero) is 1. The van der Waals surface area contributed by atoms with Crippen LogP contribution in [0, 0.1) is 0 Å². The zero-order valence-electron chi connectivity index (χ0n) is 19.3. The summed E-state index contributed by atoms with van der Waals surface area (Å²) in [4.78, 5) is 19.1. The number of rotatable bonds is 6. The summed E-state index contributed by atoms with van der Waals surface area (Å²) in [5.74, 6) is 1.67. The Morgan fingerprint density at radius 2 is 1.73 bits per heavy atom. The van der Waals surface area contributed by atoms with Gasteiger partial charge in [0.1, 0.15) is 16.5 Å². The number of fused-ring (bicyclic) bond motifs is 1. The van der Waals surface area contributed by atoms with Crippen LogP contribution in [0.4, 0.5) is 5.69 Å². The Morgan fingerprint density at radius 3 is 2.39 bits per heavy atom. The van der Waals surface area contributed by atoms with Gasteiger partial charge >= 0.3 is 0 Å². The molecule has 0 spiro atoms. The first-order valence-corrected chi connectivity index (χ1v) is 11.6. The second kappa shape index (κ2) is 9.80. The molecule has 0 aliphatic carbocycles. The maximum absolute atomic E-state index is 12.7. The summed E-state index contributed by atoms with van der Waals surface area (Å²) in [7, 11) is 1.67. The maximum Gasteiger partial charge on any atom is 0.183 e. The highest BCUT2D eigenvalue weighted by molar-refractivity contribution is 6.37. The SMILES string of the molecule is COc1ccc(C(=NCc2ccccc2)N2CCCc3cc(C(=O)C(C)(C)Cl)ccc32)cc1. The topological polar surface area (TPSA) is 41.9 Å². The first kappa shape index (κ1) is 23.1. The number of benzene rings is 3. The van der Waals surface area contributed by atoms with E-state index in [0.717, 1.165) is 53.3 Å². The second-order valence-corrected chi connectivity index (χ2v) is 9.70. The molecule has 0 N–H and O–H groups in total. The van der Waals surface area contributed by atoms with E-state index in [9.17, 15) is 4.79 Å². The van der Waals surface area contributed by atoms with Gasteiger partial charge in [-0.05, 0) is 80.3 Å². The molecular formula is C28H29ClN2O2. The lowest BCUT2D eigenvalue weighted by atomic mass is 9.93. The van der Waals surface area contributed by atoms with Crippen LogP contribution in [0.2, 0.25) is 0 Å². The zero-order valence-corrected chi connectivity index (χ0v) is 20.1. The van der Waals surface area contributed by atoms with Crippen LogP contribution in [0.15, 0.2) is 77.8 Å². The van der Waals surface area contributed by atoms with Gasteiger partial charge < -0.3 is 9.64 Å². The number of amidine groups is 1. The lowest BCUT2D eigenvalue weighted by Gasteiger charge is -2.33.